The zero-order valence-electron chi connectivity index (χ0n) is 9.89. The Balaban J connectivity index is 0.000000386. The smallest absolute Gasteiger partial charge is 0.0351 e. The fourth-order valence-corrected chi connectivity index (χ4v) is 1.43. The van der Waals surface area contributed by atoms with Crippen LogP contribution in [0.4, 0.5) is 0 Å². The van der Waals surface area contributed by atoms with Gasteiger partial charge in [-0.2, -0.15) is 0 Å². The van der Waals surface area contributed by atoms with Crippen molar-refractivity contribution >= 4 is 0 Å². The van der Waals surface area contributed by atoms with Crippen molar-refractivity contribution in [2.45, 2.75) is 6.42 Å². The first kappa shape index (κ1) is 12.5. The summed E-state index contributed by atoms with van der Waals surface area (Å²) in [5.74, 6) is 0. The van der Waals surface area contributed by atoms with Gasteiger partial charge >= 0.3 is 0 Å². The van der Waals surface area contributed by atoms with E-state index in [2.05, 4.69) is 65.4 Å². The van der Waals surface area contributed by atoms with E-state index >= 15 is 0 Å². The molecule has 0 unspecified atom stereocenters. The molecule has 0 atom stereocenters. The van der Waals surface area contributed by atoms with Gasteiger partial charge < -0.3 is 4.74 Å². The average molecular weight is 214 g/mol. The van der Waals surface area contributed by atoms with Crippen LogP contribution in [0.25, 0.3) is 0 Å². The molecule has 2 rings (SSSR count). The van der Waals surface area contributed by atoms with Gasteiger partial charge in [0.05, 0.1) is 0 Å². The highest BCUT2D eigenvalue weighted by Crippen LogP contribution is 2.07. The van der Waals surface area contributed by atoms with Crippen molar-refractivity contribution in [2.24, 2.45) is 0 Å². The second-order valence-electron chi connectivity index (χ2n) is 3.56. The summed E-state index contributed by atoms with van der Waals surface area (Å²) in [4.78, 5) is 0. The van der Waals surface area contributed by atoms with Gasteiger partial charge in [0.2, 0.25) is 0 Å². The van der Waals surface area contributed by atoms with E-state index in [1.165, 1.54) is 11.1 Å². The highest BCUT2D eigenvalue weighted by Gasteiger charge is 1.92. The molecule has 0 N–H and O–H groups in total. The first-order chi connectivity index (χ1) is 7.86. The van der Waals surface area contributed by atoms with Gasteiger partial charge in [0, 0.05) is 14.2 Å². The molecule has 84 valence electrons. The Morgan fingerprint density at radius 3 is 1.31 bits per heavy atom. The van der Waals surface area contributed by atoms with Gasteiger partial charge in [-0.1, -0.05) is 60.7 Å². The van der Waals surface area contributed by atoms with E-state index in [0.29, 0.717) is 0 Å². The van der Waals surface area contributed by atoms with Crippen LogP contribution in [0.3, 0.4) is 0 Å². The molecular weight excluding hydrogens is 196 g/mol. The Morgan fingerprint density at radius 2 is 1.00 bits per heavy atom. The summed E-state index contributed by atoms with van der Waals surface area (Å²) < 4.78 is 4.25. The van der Waals surface area contributed by atoms with Crippen molar-refractivity contribution in [3.05, 3.63) is 71.8 Å². The number of rotatable bonds is 2. The van der Waals surface area contributed by atoms with Crippen LogP contribution in [0.1, 0.15) is 11.1 Å². The molecule has 0 heterocycles. The van der Waals surface area contributed by atoms with Crippen LogP contribution in [-0.4, -0.2) is 14.2 Å². The minimum atomic E-state index is 1.03. The largest absolute Gasteiger partial charge is 0.388 e. The van der Waals surface area contributed by atoms with E-state index in [-0.39, 0.29) is 0 Å². The van der Waals surface area contributed by atoms with Crippen molar-refractivity contribution in [3.8, 4) is 0 Å². The maximum atomic E-state index is 4.25. The predicted molar refractivity (Wildman–Crippen MR) is 68.6 cm³/mol. The molecule has 2 aromatic rings. The fraction of sp³-hybridized carbons (Fsp3) is 0.200. The molecule has 1 heteroatoms. The van der Waals surface area contributed by atoms with Crippen LogP contribution in [0, 0.1) is 0 Å². The number of hydrogen-bond donors (Lipinski definition) is 0. The summed E-state index contributed by atoms with van der Waals surface area (Å²) in [6, 6.07) is 21.1. The fourth-order valence-electron chi connectivity index (χ4n) is 1.43. The molecule has 0 amide bonds. The monoisotopic (exact) mass is 214 g/mol. The number of methoxy groups -OCH3 is 1. The third-order valence-electron chi connectivity index (χ3n) is 2.09. The van der Waals surface area contributed by atoms with Crippen LogP contribution in [0.15, 0.2) is 60.7 Å². The molecular formula is C15H18O. The first-order valence-corrected chi connectivity index (χ1v) is 5.34. The quantitative estimate of drug-likeness (QED) is 0.743. The van der Waals surface area contributed by atoms with Crippen LogP contribution < -0.4 is 0 Å². The molecule has 16 heavy (non-hydrogen) atoms. The van der Waals surface area contributed by atoms with E-state index in [9.17, 15) is 0 Å². The summed E-state index contributed by atoms with van der Waals surface area (Å²) in [5, 5.41) is 0. The first-order valence-electron chi connectivity index (χ1n) is 5.34. The lowest BCUT2D eigenvalue weighted by molar-refractivity contribution is 0.277. The molecule has 1 nitrogen and oxygen atoms in total. The van der Waals surface area contributed by atoms with Gasteiger partial charge in [-0.25, -0.2) is 0 Å². The van der Waals surface area contributed by atoms with Crippen LogP contribution in [0.5, 0.6) is 0 Å². The Morgan fingerprint density at radius 1 is 0.688 bits per heavy atom. The lowest BCUT2D eigenvalue weighted by Crippen LogP contribution is -1.85. The predicted octanol–water partition coefficient (Wildman–Crippen LogP) is 3.54. The minimum absolute atomic E-state index is 1.03. The van der Waals surface area contributed by atoms with E-state index < -0.39 is 0 Å². The molecule has 0 radical (unpaired) electrons. The highest BCUT2D eigenvalue weighted by molar-refractivity contribution is 5.25. The molecule has 0 saturated heterocycles. The van der Waals surface area contributed by atoms with Crippen LogP contribution in [-0.2, 0) is 11.2 Å². The minimum Gasteiger partial charge on any atom is -0.388 e. The number of benzene rings is 2. The van der Waals surface area contributed by atoms with Crippen LogP contribution >= 0.6 is 0 Å². The molecule has 0 bridgehead atoms. The number of hydrogen-bond acceptors (Lipinski definition) is 1. The van der Waals surface area contributed by atoms with Gasteiger partial charge in [-0.05, 0) is 17.5 Å². The van der Waals surface area contributed by atoms with Gasteiger partial charge in [0.1, 0.15) is 0 Å². The van der Waals surface area contributed by atoms with Gasteiger partial charge in [-0.15, -0.1) is 0 Å². The van der Waals surface area contributed by atoms with Gasteiger partial charge in [0.25, 0.3) is 0 Å². The molecule has 0 aliphatic heterocycles. The Bertz CT molecular complexity index is 330. The molecule has 0 aliphatic carbocycles. The average Bonchev–Trinajstić information content (AvgIpc) is 2.33. The zero-order valence-corrected chi connectivity index (χ0v) is 9.89. The molecule has 0 aliphatic rings. The standard InChI is InChI=1S/C13H12.C2H6O/c1-3-7-12(8-4-1)11-13-9-5-2-6-10-13;1-3-2/h1-10H,11H2;1-2H3. The Labute approximate surface area is 97.7 Å². The van der Waals surface area contributed by atoms with Gasteiger partial charge in [0.15, 0.2) is 0 Å². The lowest BCUT2D eigenvalue weighted by Gasteiger charge is -2.00. The summed E-state index contributed by atoms with van der Waals surface area (Å²) in [5.41, 5.74) is 2.74. The second kappa shape index (κ2) is 7.66. The normalized spacial score (nSPS) is 9.12. The van der Waals surface area contributed by atoms with Crippen LogP contribution in [0.2, 0.25) is 0 Å². The van der Waals surface area contributed by atoms with Crippen molar-refractivity contribution in [1.29, 1.82) is 0 Å². The third-order valence-corrected chi connectivity index (χ3v) is 2.09. The highest BCUT2D eigenvalue weighted by atomic mass is 16.4. The van der Waals surface area contributed by atoms with E-state index in [0.717, 1.165) is 6.42 Å². The summed E-state index contributed by atoms with van der Waals surface area (Å²) >= 11 is 0. The second-order valence-corrected chi connectivity index (χ2v) is 3.56. The van der Waals surface area contributed by atoms with Crippen molar-refractivity contribution < 1.29 is 4.74 Å². The molecule has 0 spiro atoms. The topological polar surface area (TPSA) is 9.23 Å². The SMILES string of the molecule is COC.c1ccc(Cc2ccccc2)cc1. The maximum absolute atomic E-state index is 4.25. The Kier molecular flexibility index (Phi) is 5.97. The molecule has 0 saturated carbocycles. The van der Waals surface area contributed by atoms with E-state index in [1.807, 2.05) is 0 Å². The summed E-state index contributed by atoms with van der Waals surface area (Å²) in [6.45, 7) is 0. The van der Waals surface area contributed by atoms with Gasteiger partial charge in [-0.3, -0.25) is 0 Å². The van der Waals surface area contributed by atoms with E-state index in [4.69, 9.17) is 0 Å². The lowest BCUT2D eigenvalue weighted by atomic mass is 10.1. The Hall–Kier alpha value is -1.60. The molecule has 0 fully saturated rings. The van der Waals surface area contributed by atoms with Crippen molar-refractivity contribution in [2.75, 3.05) is 14.2 Å². The maximum Gasteiger partial charge on any atom is 0.0351 e. The van der Waals surface area contributed by atoms with Crippen molar-refractivity contribution in [3.63, 3.8) is 0 Å². The van der Waals surface area contributed by atoms with Crippen molar-refractivity contribution in [1.82, 2.24) is 0 Å². The van der Waals surface area contributed by atoms with E-state index in [1.54, 1.807) is 14.2 Å². The summed E-state index contributed by atoms with van der Waals surface area (Å²) in [6.07, 6.45) is 1.03. The molecule has 0 aromatic heterocycles. The zero-order chi connectivity index (χ0) is 11.6. The third kappa shape index (κ3) is 4.76. The number of ether oxygens (including phenoxy) is 1. The molecule has 2 aromatic carbocycles. The summed E-state index contributed by atoms with van der Waals surface area (Å²) in [7, 11) is 3.25.